The SMILES string of the molecule is CCS(=O)(=O)Nc1nc2c(cc1Cc1ccc(F)cc1)N(C(=O)CN1C[C@@H](C)NC[C@@H]1CN1[C@H](C)COC[C@H]1C)[C@@H](C)CO2. The van der Waals surface area contributed by atoms with E-state index in [1.54, 1.807) is 30.0 Å². The maximum Gasteiger partial charge on any atom is 0.241 e. The van der Waals surface area contributed by atoms with E-state index in [-0.39, 0.29) is 66.9 Å². The van der Waals surface area contributed by atoms with Crippen molar-refractivity contribution < 1.29 is 27.1 Å². The van der Waals surface area contributed by atoms with Crippen LogP contribution in [0.3, 0.4) is 0 Å². The van der Waals surface area contributed by atoms with Crippen LogP contribution in [0.5, 0.6) is 5.88 Å². The minimum atomic E-state index is -3.65. The summed E-state index contributed by atoms with van der Waals surface area (Å²) < 4.78 is 53.0. The van der Waals surface area contributed by atoms with Crippen LogP contribution in [0.4, 0.5) is 15.9 Å². The lowest BCUT2D eigenvalue weighted by atomic mass is 10.0. The van der Waals surface area contributed by atoms with Crippen LogP contribution in [0.15, 0.2) is 30.3 Å². The third kappa shape index (κ3) is 7.51. The van der Waals surface area contributed by atoms with Crippen molar-refractivity contribution in [2.24, 2.45) is 0 Å². The Hall–Kier alpha value is -2.84. The second kappa shape index (κ2) is 13.7. The molecular weight excluding hydrogens is 587 g/mol. The van der Waals surface area contributed by atoms with E-state index in [0.29, 0.717) is 36.5 Å². The van der Waals surface area contributed by atoms with Crippen LogP contribution in [0, 0.1) is 5.82 Å². The van der Waals surface area contributed by atoms with Gasteiger partial charge in [0.25, 0.3) is 0 Å². The summed E-state index contributed by atoms with van der Waals surface area (Å²) in [4.78, 5) is 25.2. The maximum absolute atomic E-state index is 14.2. The van der Waals surface area contributed by atoms with Crippen LogP contribution >= 0.6 is 0 Å². The minimum absolute atomic E-state index is 0.0688. The Labute approximate surface area is 260 Å². The van der Waals surface area contributed by atoms with Crippen molar-refractivity contribution in [3.8, 4) is 5.88 Å². The number of nitrogens with zero attached hydrogens (tertiary/aromatic N) is 4. The fourth-order valence-corrected chi connectivity index (χ4v) is 6.87. The molecule has 5 atom stereocenters. The summed E-state index contributed by atoms with van der Waals surface area (Å²) in [7, 11) is -3.65. The number of ether oxygens (including phenoxy) is 2. The average molecular weight is 633 g/mol. The molecule has 0 radical (unpaired) electrons. The molecule has 2 saturated heterocycles. The minimum Gasteiger partial charge on any atom is -0.474 e. The Kier molecular flexibility index (Phi) is 10.1. The number of halogens is 1. The molecule has 2 fully saturated rings. The highest BCUT2D eigenvalue weighted by molar-refractivity contribution is 7.92. The number of fused-ring (bicyclic) bond motifs is 1. The number of amides is 1. The largest absolute Gasteiger partial charge is 0.474 e. The first-order valence-corrected chi connectivity index (χ1v) is 17.1. The highest BCUT2D eigenvalue weighted by Gasteiger charge is 2.37. The molecule has 0 bridgehead atoms. The van der Waals surface area contributed by atoms with E-state index in [1.165, 1.54) is 12.1 Å². The predicted octanol–water partition coefficient (Wildman–Crippen LogP) is 2.46. The van der Waals surface area contributed by atoms with Crippen LogP contribution in [-0.4, -0.2) is 111 Å². The Morgan fingerprint density at radius 3 is 2.48 bits per heavy atom. The van der Waals surface area contributed by atoms with Crippen molar-refractivity contribution in [3.05, 3.63) is 47.3 Å². The standard InChI is InChI=1S/C31H45FN6O5S/c1-6-44(40,41)35-30-25(11-24-7-9-26(32)10-8-24)12-28-31(34-30)43-19-23(5)38(28)29(39)16-36-14-20(2)33-13-27(36)15-37-21(3)17-42-18-22(37)4/h7-10,12,20-23,27,33H,6,11,13-19H2,1-5H3,(H,34,35)/t20-,21-,22-,23+,27-/m1/s1. The smallest absolute Gasteiger partial charge is 0.241 e. The lowest BCUT2D eigenvalue weighted by molar-refractivity contribution is -0.122. The van der Waals surface area contributed by atoms with E-state index in [1.807, 2.05) is 6.92 Å². The summed E-state index contributed by atoms with van der Waals surface area (Å²) in [6, 6.07) is 8.53. The fourth-order valence-electron chi connectivity index (χ4n) is 6.25. The van der Waals surface area contributed by atoms with Crippen molar-refractivity contribution in [2.75, 3.05) is 61.4 Å². The van der Waals surface area contributed by atoms with Crippen LogP contribution in [0.25, 0.3) is 0 Å². The fraction of sp³-hybridized carbons (Fsp3) is 0.613. The van der Waals surface area contributed by atoms with Crippen LogP contribution in [0.1, 0.15) is 45.7 Å². The second-order valence-corrected chi connectivity index (χ2v) is 14.4. The number of carbonyl (C=O) groups excluding carboxylic acids is 1. The summed E-state index contributed by atoms with van der Waals surface area (Å²) in [6.07, 6.45) is 0.284. The Morgan fingerprint density at radius 2 is 1.80 bits per heavy atom. The molecule has 4 heterocycles. The van der Waals surface area contributed by atoms with E-state index in [9.17, 15) is 17.6 Å². The molecule has 1 aromatic heterocycles. The third-order valence-corrected chi connectivity index (χ3v) is 10.0. The lowest BCUT2D eigenvalue weighted by Gasteiger charge is -2.46. The summed E-state index contributed by atoms with van der Waals surface area (Å²) in [6.45, 7) is 14.2. The molecule has 0 aliphatic carbocycles. The van der Waals surface area contributed by atoms with Gasteiger partial charge in [0.15, 0.2) is 0 Å². The molecule has 5 rings (SSSR count). The van der Waals surface area contributed by atoms with Crippen LogP contribution in [0.2, 0.25) is 0 Å². The van der Waals surface area contributed by atoms with Crippen LogP contribution in [-0.2, 0) is 26.0 Å². The van der Waals surface area contributed by atoms with E-state index in [4.69, 9.17) is 9.47 Å². The van der Waals surface area contributed by atoms with Gasteiger partial charge in [-0.05, 0) is 58.4 Å². The van der Waals surface area contributed by atoms with Gasteiger partial charge in [0, 0.05) is 55.8 Å². The number of pyridine rings is 1. The second-order valence-electron chi connectivity index (χ2n) is 12.4. The summed E-state index contributed by atoms with van der Waals surface area (Å²) in [5, 5.41) is 3.59. The zero-order valence-electron chi connectivity index (χ0n) is 26.3. The quantitative estimate of drug-likeness (QED) is 0.430. The lowest BCUT2D eigenvalue weighted by Crippen LogP contribution is -2.63. The topological polar surface area (TPSA) is 116 Å². The van der Waals surface area contributed by atoms with E-state index >= 15 is 0 Å². The molecule has 13 heteroatoms. The van der Waals surface area contributed by atoms with Crippen molar-refractivity contribution in [1.82, 2.24) is 20.1 Å². The Morgan fingerprint density at radius 1 is 1.09 bits per heavy atom. The highest BCUT2D eigenvalue weighted by atomic mass is 32.2. The third-order valence-electron chi connectivity index (χ3n) is 8.75. The zero-order chi connectivity index (χ0) is 31.6. The summed E-state index contributed by atoms with van der Waals surface area (Å²) in [5.74, 6) is -0.214. The van der Waals surface area contributed by atoms with Gasteiger partial charge in [-0.2, -0.15) is 4.98 Å². The summed E-state index contributed by atoms with van der Waals surface area (Å²) >= 11 is 0. The molecule has 2 aromatic rings. The Bertz CT molecular complexity index is 1420. The highest BCUT2D eigenvalue weighted by Crippen LogP contribution is 2.37. The van der Waals surface area contributed by atoms with Crippen LogP contribution < -0.4 is 19.7 Å². The molecule has 0 spiro atoms. The van der Waals surface area contributed by atoms with Gasteiger partial charge < -0.3 is 19.7 Å². The summed E-state index contributed by atoms with van der Waals surface area (Å²) in [5.41, 5.74) is 1.84. The monoisotopic (exact) mass is 632 g/mol. The molecule has 0 unspecified atom stereocenters. The maximum atomic E-state index is 14.2. The zero-order valence-corrected chi connectivity index (χ0v) is 27.1. The average Bonchev–Trinajstić information content (AvgIpc) is 2.97. The molecule has 1 amide bonds. The number of rotatable bonds is 9. The molecule has 11 nitrogen and oxygen atoms in total. The molecule has 242 valence electrons. The molecule has 2 N–H and O–H groups in total. The van der Waals surface area contributed by atoms with E-state index in [0.717, 1.165) is 25.2 Å². The number of piperazine rings is 1. The van der Waals surface area contributed by atoms with Gasteiger partial charge in [0.05, 0.1) is 31.6 Å². The number of sulfonamides is 1. The molecule has 44 heavy (non-hydrogen) atoms. The van der Waals surface area contributed by atoms with E-state index in [2.05, 4.69) is 45.6 Å². The van der Waals surface area contributed by atoms with Crippen molar-refractivity contribution >= 4 is 27.4 Å². The molecule has 3 aliphatic heterocycles. The van der Waals surface area contributed by atoms with Crippen molar-refractivity contribution in [1.29, 1.82) is 0 Å². The van der Waals surface area contributed by atoms with Gasteiger partial charge in [-0.15, -0.1) is 0 Å². The van der Waals surface area contributed by atoms with Gasteiger partial charge in [0.1, 0.15) is 23.9 Å². The predicted molar refractivity (Wildman–Crippen MR) is 168 cm³/mol. The number of hydrogen-bond acceptors (Lipinski definition) is 9. The number of aromatic nitrogens is 1. The number of nitrogens with one attached hydrogen (secondary N) is 2. The van der Waals surface area contributed by atoms with Gasteiger partial charge in [-0.1, -0.05) is 12.1 Å². The molecule has 0 saturated carbocycles. The van der Waals surface area contributed by atoms with Gasteiger partial charge in [0.2, 0.25) is 21.8 Å². The van der Waals surface area contributed by atoms with Crippen molar-refractivity contribution in [3.63, 3.8) is 0 Å². The first-order valence-electron chi connectivity index (χ1n) is 15.5. The molecular formula is C31H45FN6O5S. The molecule has 1 aromatic carbocycles. The first-order chi connectivity index (χ1) is 20.9. The van der Waals surface area contributed by atoms with E-state index < -0.39 is 10.0 Å². The number of morpholine rings is 1. The molecule has 3 aliphatic rings. The number of anilines is 2. The normalized spacial score (nSPS) is 26.6. The first kappa shape index (κ1) is 32.6. The van der Waals surface area contributed by atoms with Gasteiger partial charge in [-0.25, -0.2) is 12.8 Å². The number of benzene rings is 1. The number of carbonyl (C=O) groups is 1. The number of hydrogen-bond donors (Lipinski definition) is 2. The Balaban J connectivity index is 1.43. The van der Waals surface area contributed by atoms with Crippen molar-refractivity contribution in [2.45, 2.75) is 71.2 Å². The van der Waals surface area contributed by atoms with Gasteiger partial charge in [-0.3, -0.25) is 19.3 Å². The van der Waals surface area contributed by atoms with Gasteiger partial charge >= 0.3 is 0 Å².